The van der Waals surface area contributed by atoms with Crippen LogP contribution in [0.4, 0.5) is 5.69 Å². The summed E-state index contributed by atoms with van der Waals surface area (Å²) in [5.41, 5.74) is 1.93. The van der Waals surface area contributed by atoms with Gasteiger partial charge in [0.05, 0.1) is 16.3 Å². The Hall–Kier alpha value is -2.35. The number of nitrogens with one attached hydrogen (secondary N) is 1. The van der Waals surface area contributed by atoms with Crippen molar-refractivity contribution in [1.29, 1.82) is 0 Å². The number of nitrogens with zero attached hydrogens (tertiary/aromatic N) is 2. The number of hydrogen-bond acceptors (Lipinski definition) is 6. The Balaban J connectivity index is 2.10. The molecule has 0 unspecified atom stereocenters. The Morgan fingerprint density at radius 1 is 1.35 bits per heavy atom. The summed E-state index contributed by atoms with van der Waals surface area (Å²) in [4.78, 5) is 13.2. The molecule has 3 rings (SSSR count). The molecular weight excluding hydrogens is 354 g/mol. The lowest BCUT2D eigenvalue weighted by Gasteiger charge is -2.16. The summed E-state index contributed by atoms with van der Waals surface area (Å²) in [7, 11) is -1.89. The van der Waals surface area contributed by atoms with E-state index in [1.54, 1.807) is 20.9 Å². The predicted molar refractivity (Wildman–Crippen MR) is 98.5 cm³/mol. The first-order chi connectivity index (χ1) is 12.1. The molecule has 0 amide bonds. The second kappa shape index (κ2) is 6.42. The molecule has 2 N–H and O–H groups in total. The fourth-order valence-electron chi connectivity index (χ4n) is 3.08. The van der Waals surface area contributed by atoms with Crippen LogP contribution in [0.5, 0.6) is 5.88 Å². The standard InChI is InChI=1S/C18H23N3O4S/c1-10-13(17(22)15-11(2)20-21(3)18(15)23)7-8-14(26(4,24)25)16(10)19-9-12-5-6-12/h7-8,12,19,23H,5-6,9H2,1-4H3. The average Bonchev–Trinajstić information content (AvgIpc) is 3.32. The predicted octanol–water partition coefficient (Wildman–Crippen LogP) is 2.20. The first-order valence-corrected chi connectivity index (χ1v) is 10.3. The van der Waals surface area contributed by atoms with Crippen LogP contribution >= 0.6 is 0 Å². The maximum absolute atomic E-state index is 13.0. The number of carbonyl (C=O) groups excluding carboxylic acids is 1. The molecule has 1 aliphatic carbocycles. The Morgan fingerprint density at radius 3 is 2.50 bits per heavy atom. The van der Waals surface area contributed by atoms with Crippen LogP contribution in [-0.2, 0) is 16.9 Å². The van der Waals surface area contributed by atoms with Crippen molar-refractivity contribution in [3.05, 3.63) is 34.5 Å². The quantitative estimate of drug-likeness (QED) is 0.749. The molecule has 26 heavy (non-hydrogen) atoms. The average molecular weight is 377 g/mol. The number of aryl methyl sites for hydroxylation is 2. The number of ketones is 1. The van der Waals surface area contributed by atoms with Gasteiger partial charge in [-0.1, -0.05) is 0 Å². The zero-order chi connectivity index (χ0) is 19.2. The van der Waals surface area contributed by atoms with E-state index in [-0.39, 0.29) is 22.1 Å². The van der Waals surface area contributed by atoms with Gasteiger partial charge in [-0.15, -0.1) is 0 Å². The Morgan fingerprint density at radius 2 is 2.00 bits per heavy atom. The number of anilines is 1. The monoisotopic (exact) mass is 377 g/mol. The lowest BCUT2D eigenvalue weighted by molar-refractivity contribution is 0.103. The van der Waals surface area contributed by atoms with E-state index in [1.165, 1.54) is 16.8 Å². The molecule has 8 heteroatoms. The van der Waals surface area contributed by atoms with Crippen LogP contribution in [0.15, 0.2) is 17.0 Å². The van der Waals surface area contributed by atoms with Gasteiger partial charge < -0.3 is 10.4 Å². The number of carbonyl (C=O) groups is 1. The smallest absolute Gasteiger partial charge is 0.220 e. The van der Waals surface area contributed by atoms with Gasteiger partial charge in [-0.2, -0.15) is 5.10 Å². The summed E-state index contributed by atoms with van der Waals surface area (Å²) < 4.78 is 25.5. The zero-order valence-corrected chi connectivity index (χ0v) is 16.1. The molecule has 1 heterocycles. The Bertz CT molecular complexity index is 988. The molecule has 0 atom stereocenters. The molecule has 0 spiro atoms. The SMILES string of the molecule is Cc1nn(C)c(O)c1C(=O)c1ccc(S(C)(=O)=O)c(NCC2CC2)c1C. The Labute approximate surface area is 153 Å². The highest BCUT2D eigenvalue weighted by atomic mass is 32.2. The number of hydrogen-bond donors (Lipinski definition) is 2. The number of benzene rings is 1. The molecular formula is C18H23N3O4S. The molecule has 0 saturated heterocycles. The third-order valence-electron chi connectivity index (χ3n) is 4.75. The van der Waals surface area contributed by atoms with Crippen LogP contribution < -0.4 is 5.32 Å². The zero-order valence-electron chi connectivity index (χ0n) is 15.3. The topological polar surface area (TPSA) is 101 Å². The van der Waals surface area contributed by atoms with Gasteiger partial charge in [0.15, 0.2) is 9.84 Å². The van der Waals surface area contributed by atoms with Crippen molar-refractivity contribution in [1.82, 2.24) is 9.78 Å². The van der Waals surface area contributed by atoms with Crippen LogP contribution in [0.3, 0.4) is 0 Å². The summed E-state index contributed by atoms with van der Waals surface area (Å²) in [6.45, 7) is 4.05. The fraction of sp³-hybridized carbons (Fsp3) is 0.444. The summed E-state index contributed by atoms with van der Waals surface area (Å²) in [6.07, 6.45) is 3.41. The van der Waals surface area contributed by atoms with Crippen LogP contribution in [0.1, 0.15) is 40.0 Å². The van der Waals surface area contributed by atoms with E-state index in [0.29, 0.717) is 35.0 Å². The second-order valence-corrected chi connectivity index (χ2v) is 8.93. The minimum Gasteiger partial charge on any atom is -0.493 e. The van der Waals surface area contributed by atoms with Crippen molar-refractivity contribution in [3.63, 3.8) is 0 Å². The second-order valence-electron chi connectivity index (χ2n) is 6.94. The van der Waals surface area contributed by atoms with Gasteiger partial charge in [-0.05, 0) is 50.3 Å². The van der Waals surface area contributed by atoms with Crippen LogP contribution in [0.25, 0.3) is 0 Å². The van der Waals surface area contributed by atoms with E-state index >= 15 is 0 Å². The number of sulfone groups is 1. The van der Waals surface area contributed by atoms with Gasteiger partial charge in [0.25, 0.3) is 0 Å². The molecule has 7 nitrogen and oxygen atoms in total. The van der Waals surface area contributed by atoms with Crippen molar-refractivity contribution in [2.75, 3.05) is 18.1 Å². The summed E-state index contributed by atoms with van der Waals surface area (Å²) >= 11 is 0. The lowest BCUT2D eigenvalue weighted by atomic mass is 9.98. The maximum atomic E-state index is 13.0. The van der Waals surface area contributed by atoms with Crippen molar-refractivity contribution >= 4 is 21.3 Å². The lowest BCUT2D eigenvalue weighted by Crippen LogP contribution is -2.14. The molecule has 140 valence electrons. The van der Waals surface area contributed by atoms with E-state index in [9.17, 15) is 18.3 Å². The third-order valence-corrected chi connectivity index (χ3v) is 5.89. The molecule has 1 saturated carbocycles. The molecule has 0 aliphatic heterocycles. The molecule has 1 aromatic heterocycles. The molecule has 1 aromatic carbocycles. The normalized spacial score (nSPS) is 14.5. The highest BCUT2D eigenvalue weighted by molar-refractivity contribution is 7.90. The number of aromatic nitrogens is 2. The van der Waals surface area contributed by atoms with Crippen LogP contribution in [0, 0.1) is 19.8 Å². The van der Waals surface area contributed by atoms with Gasteiger partial charge in [0.2, 0.25) is 11.7 Å². The fourth-order valence-corrected chi connectivity index (χ4v) is 3.99. The first-order valence-electron chi connectivity index (χ1n) is 8.46. The van der Waals surface area contributed by atoms with Crippen molar-refractivity contribution < 1.29 is 18.3 Å². The van der Waals surface area contributed by atoms with E-state index in [1.807, 2.05) is 0 Å². The van der Waals surface area contributed by atoms with Gasteiger partial charge in [0, 0.05) is 25.4 Å². The third kappa shape index (κ3) is 3.33. The van der Waals surface area contributed by atoms with Gasteiger partial charge in [0.1, 0.15) is 5.56 Å². The molecule has 0 radical (unpaired) electrons. The van der Waals surface area contributed by atoms with E-state index < -0.39 is 9.84 Å². The minimum absolute atomic E-state index is 0.135. The van der Waals surface area contributed by atoms with Crippen LogP contribution in [0.2, 0.25) is 0 Å². The van der Waals surface area contributed by atoms with Gasteiger partial charge in [-0.25, -0.2) is 13.1 Å². The molecule has 0 bridgehead atoms. The molecule has 1 aliphatic rings. The highest BCUT2D eigenvalue weighted by Crippen LogP contribution is 2.34. The number of aromatic hydroxyl groups is 1. The maximum Gasteiger partial charge on any atom is 0.220 e. The summed E-state index contributed by atoms with van der Waals surface area (Å²) in [5, 5.41) is 17.4. The summed E-state index contributed by atoms with van der Waals surface area (Å²) in [6, 6.07) is 2.95. The van der Waals surface area contributed by atoms with Crippen LogP contribution in [-0.4, -0.2) is 41.9 Å². The number of rotatable bonds is 6. The van der Waals surface area contributed by atoms with Gasteiger partial charge in [-0.3, -0.25) is 4.79 Å². The largest absolute Gasteiger partial charge is 0.493 e. The summed E-state index contributed by atoms with van der Waals surface area (Å²) in [5.74, 6) is -0.0301. The van der Waals surface area contributed by atoms with E-state index in [2.05, 4.69) is 10.4 Å². The first kappa shape index (κ1) is 18.4. The van der Waals surface area contributed by atoms with Crippen molar-refractivity contribution in [3.8, 4) is 5.88 Å². The van der Waals surface area contributed by atoms with Gasteiger partial charge >= 0.3 is 0 Å². The minimum atomic E-state index is -3.44. The Kier molecular flexibility index (Phi) is 4.56. The van der Waals surface area contributed by atoms with Crippen molar-refractivity contribution in [2.45, 2.75) is 31.6 Å². The van der Waals surface area contributed by atoms with Crippen molar-refractivity contribution in [2.24, 2.45) is 13.0 Å². The molecule has 1 fully saturated rings. The highest BCUT2D eigenvalue weighted by Gasteiger charge is 2.27. The van der Waals surface area contributed by atoms with E-state index in [4.69, 9.17) is 0 Å². The van der Waals surface area contributed by atoms with E-state index in [0.717, 1.165) is 19.1 Å². The molecule has 2 aromatic rings.